The van der Waals surface area contributed by atoms with Crippen molar-refractivity contribution in [3.63, 3.8) is 0 Å². The van der Waals surface area contributed by atoms with Crippen molar-refractivity contribution < 1.29 is 28.8 Å². The molecule has 10 heteroatoms. The lowest BCUT2D eigenvalue weighted by molar-refractivity contribution is -0.384. The lowest BCUT2D eigenvalue weighted by Crippen LogP contribution is -2.37. The van der Waals surface area contributed by atoms with Crippen molar-refractivity contribution in [3.8, 4) is 16.9 Å². The number of anilines is 1. The number of benzene rings is 2. The summed E-state index contributed by atoms with van der Waals surface area (Å²) >= 11 is 0. The summed E-state index contributed by atoms with van der Waals surface area (Å²) in [6.07, 6.45) is 1.30. The van der Waals surface area contributed by atoms with Crippen molar-refractivity contribution in [2.24, 2.45) is 0 Å². The Morgan fingerprint density at radius 3 is 2.26 bits per heavy atom. The summed E-state index contributed by atoms with van der Waals surface area (Å²) in [6, 6.07) is 12.3. The fraction of sp³-hybridized carbons (Fsp3) is 0.321. The topological polar surface area (TPSA) is 129 Å². The minimum absolute atomic E-state index is 0.0474. The number of nitrogens with zero attached hydrogens (tertiary/aromatic N) is 3. The number of amides is 1. The van der Waals surface area contributed by atoms with E-state index in [4.69, 9.17) is 19.1 Å². The van der Waals surface area contributed by atoms with Crippen molar-refractivity contribution in [2.75, 3.05) is 12.0 Å². The molecule has 1 amide bonds. The van der Waals surface area contributed by atoms with Crippen LogP contribution in [0.5, 0.6) is 5.75 Å². The average molecular weight is 522 g/mol. The first-order valence-corrected chi connectivity index (χ1v) is 11.7. The Kier molecular flexibility index (Phi) is 9.84. The predicted octanol–water partition coefficient (Wildman–Crippen LogP) is 5.95. The van der Waals surface area contributed by atoms with E-state index in [1.807, 2.05) is 45.0 Å². The molecule has 0 radical (unpaired) electrons. The first kappa shape index (κ1) is 29.7. The van der Waals surface area contributed by atoms with Gasteiger partial charge in [0.15, 0.2) is 0 Å². The molecule has 0 saturated heterocycles. The molecule has 0 aliphatic heterocycles. The van der Waals surface area contributed by atoms with Crippen molar-refractivity contribution in [2.45, 2.75) is 53.7 Å². The van der Waals surface area contributed by atoms with E-state index in [9.17, 15) is 14.9 Å². The summed E-state index contributed by atoms with van der Waals surface area (Å²) in [7, 11) is 1.58. The molecular weight excluding hydrogens is 490 g/mol. The van der Waals surface area contributed by atoms with E-state index in [1.165, 1.54) is 17.0 Å². The maximum absolute atomic E-state index is 13.4. The van der Waals surface area contributed by atoms with Gasteiger partial charge in [-0.3, -0.25) is 20.0 Å². The highest BCUT2D eigenvalue weighted by Crippen LogP contribution is 2.34. The molecule has 3 rings (SSSR count). The molecule has 10 nitrogen and oxygen atoms in total. The summed E-state index contributed by atoms with van der Waals surface area (Å²) in [5.41, 5.74) is 4.14. The van der Waals surface area contributed by atoms with Gasteiger partial charge >= 0.3 is 12.2 Å². The van der Waals surface area contributed by atoms with Gasteiger partial charge in [-0.2, -0.15) is 9.59 Å². The molecule has 38 heavy (non-hydrogen) atoms. The zero-order valence-corrected chi connectivity index (χ0v) is 22.5. The molecular formula is C28H31N3O7. The van der Waals surface area contributed by atoms with Gasteiger partial charge in [-0.25, -0.2) is 4.79 Å². The molecule has 3 aromatic rings. The Morgan fingerprint density at radius 1 is 1.08 bits per heavy atom. The lowest BCUT2D eigenvalue weighted by Gasteiger charge is -2.28. The van der Waals surface area contributed by atoms with E-state index in [0.29, 0.717) is 22.7 Å². The lowest BCUT2D eigenvalue weighted by atomic mass is 9.99. The molecule has 0 bridgehead atoms. The molecule has 0 N–H and O–H groups in total. The van der Waals surface area contributed by atoms with Gasteiger partial charge in [0, 0.05) is 29.5 Å². The van der Waals surface area contributed by atoms with Gasteiger partial charge in [0.05, 0.1) is 30.0 Å². The summed E-state index contributed by atoms with van der Waals surface area (Å²) in [6.45, 7) is 11.1. The van der Waals surface area contributed by atoms with Crippen LogP contribution in [0.3, 0.4) is 0 Å². The third kappa shape index (κ3) is 7.47. The Hall–Kier alpha value is -4.56. The fourth-order valence-electron chi connectivity index (χ4n) is 3.87. The van der Waals surface area contributed by atoms with Gasteiger partial charge < -0.3 is 9.47 Å². The number of aryl methyl sites for hydroxylation is 2. The van der Waals surface area contributed by atoms with Crippen molar-refractivity contribution >= 4 is 23.6 Å². The first-order chi connectivity index (χ1) is 17.8. The van der Waals surface area contributed by atoms with Crippen LogP contribution < -0.4 is 9.64 Å². The molecule has 0 atom stereocenters. The number of methoxy groups -OCH3 is 1. The fourth-order valence-corrected chi connectivity index (χ4v) is 3.87. The van der Waals surface area contributed by atoms with Crippen LogP contribution in [0.4, 0.5) is 16.2 Å². The summed E-state index contributed by atoms with van der Waals surface area (Å²) in [5, 5.41) is 11.8. The standard InChI is InChI=1S/C27H31N3O5.CO2/c1-17-10-8-9-11-23(17)20-12-21(14-22(13-20)30(32)33)29(26(31)35-27(4,5)6)16-24-19(3)25(34-7)18(2)15-28-24;2-1-3/h8-15H,16H2,1-7H3;. The maximum Gasteiger partial charge on any atom is 0.415 e. The minimum Gasteiger partial charge on any atom is -0.496 e. The second-order valence-corrected chi connectivity index (χ2v) is 9.51. The van der Waals surface area contributed by atoms with Crippen LogP contribution in [0.2, 0.25) is 0 Å². The Bertz CT molecular complexity index is 1360. The average Bonchev–Trinajstić information content (AvgIpc) is 2.83. The van der Waals surface area contributed by atoms with Gasteiger partial charge in [-0.15, -0.1) is 0 Å². The summed E-state index contributed by atoms with van der Waals surface area (Å²) < 4.78 is 11.2. The van der Waals surface area contributed by atoms with Crippen molar-refractivity contribution in [1.29, 1.82) is 0 Å². The van der Waals surface area contributed by atoms with E-state index < -0.39 is 16.6 Å². The van der Waals surface area contributed by atoms with Gasteiger partial charge in [-0.1, -0.05) is 24.3 Å². The molecule has 1 aromatic heterocycles. The Balaban J connectivity index is 0.00000161. The van der Waals surface area contributed by atoms with Crippen LogP contribution in [0.15, 0.2) is 48.7 Å². The van der Waals surface area contributed by atoms with E-state index in [-0.39, 0.29) is 18.4 Å². The summed E-state index contributed by atoms with van der Waals surface area (Å²) in [4.78, 5) is 46.9. The molecule has 0 aliphatic rings. The number of pyridine rings is 1. The van der Waals surface area contributed by atoms with Crippen LogP contribution in [0.25, 0.3) is 11.1 Å². The number of hydrogen-bond donors (Lipinski definition) is 0. The Labute approximate surface area is 221 Å². The third-order valence-corrected chi connectivity index (χ3v) is 5.55. The molecule has 1 heterocycles. The van der Waals surface area contributed by atoms with Crippen LogP contribution in [0, 0.1) is 30.9 Å². The molecule has 0 fully saturated rings. The highest BCUT2D eigenvalue weighted by Gasteiger charge is 2.27. The number of non-ortho nitro benzene ring substituents is 1. The van der Waals surface area contributed by atoms with Crippen LogP contribution >= 0.6 is 0 Å². The number of hydrogen-bond acceptors (Lipinski definition) is 8. The summed E-state index contributed by atoms with van der Waals surface area (Å²) in [5.74, 6) is 0.679. The van der Waals surface area contributed by atoms with Gasteiger partial charge in [0.2, 0.25) is 0 Å². The number of aromatic nitrogens is 1. The second kappa shape index (κ2) is 12.6. The number of rotatable bonds is 6. The normalized spacial score (nSPS) is 10.5. The minimum atomic E-state index is -0.762. The quantitative estimate of drug-likeness (QED) is 0.287. The zero-order valence-electron chi connectivity index (χ0n) is 22.5. The Morgan fingerprint density at radius 2 is 1.71 bits per heavy atom. The maximum atomic E-state index is 13.4. The van der Waals surface area contributed by atoms with Gasteiger partial charge in [0.25, 0.3) is 5.69 Å². The third-order valence-electron chi connectivity index (χ3n) is 5.55. The molecule has 0 saturated carbocycles. The van der Waals surface area contributed by atoms with Crippen molar-refractivity contribution in [1.82, 2.24) is 4.98 Å². The molecule has 2 aromatic carbocycles. The smallest absolute Gasteiger partial charge is 0.415 e. The van der Waals surface area contributed by atoms with E-state index in [0.717, 1.165) is 22.3 Å². The number of carbonyl (C=O) groups excluding carboxylic acids is 3. The SMILES string of the molecule is COc1c(C)cnc(CN(C(=O)OC(C)(C)C)c2cc(-c3ccccc3C)cc([N+](=O)[O-])c2)c1C.O=C=O. The van der Waals surface area contributed by atoms with E-state index in [1.54, 1.807) is 40.1 Å². The molecule has 0 unspecified atom stereocenters. The van der Waals surface area contributed by atoms with E-state index in [2.05, 4.69) is 4.98 Å². The number of ether oxygens (including phenoxy) is 2. The second-order valence-electron chi connectivity index (χ2n) is 9.51. The zero-order chi connectivity index (χ0) is 28.6. The number of carbonyl (C=O) groups is 1. The van der Waals surface area contributed by atoms with Crippen LogP contribution in [-0.2, 0) is 20.9 Å². The van der Waals surface area contributed by atoms with E-state index >= 15 is 0 Å². The van der Waals surface area contributed by atoms with Crippen LogP contribution in [-0.4, -0.2) is 34.9 Å². The number of nitro groups is 1. The first-order valence-electron chi connectivity index (χ1n) is 11.7. The molecule has 0 aliphatic carbocycles. The monoisotopic (exact) mass is 521 g/mol. The van der Waals surface area contributed by atoms with Crippen LogP contribution in [0.1, 0.15) is 43.2 Å². The molecule has 0 spiro atoms. The largest absolute Gasteiger partial charge is 0.496 e. The highest BCUT2D eigenvalue weighted by molar-refractivity contribution is 5.90. The van der Waals surface area contributed by atoms with Crippen molar-refractivity contribution in [3.05, 3.63) is 81.2 Å². The highest BCUT2D eigenvalue weighted by atomic mass is 16.6. The molecule has 200 valence electrons. The van der Waals surface area contributed by atoms with Gasteiger partial charge in [0.1, 0.15) is 11.4 Å². The number of nitro benzene ring substituents is 1. The van der Waals surface area contributed by atoms with Gasteiger partial charge in [-0.05, 0) is 64.3 Å². The predicted molar refractivity (Wildman–Crippen MR) is 141 cm³/mol.